The lowest BCUT2D eigenvalue weighted by Gasteiger charge is -2.38. The number of anilines is 2. The van der Waals surface area contributed by atoms with E-state index >= 15 is 0 Å². The SMILES string of the molecule is CCOC(=O)c1ccccc1OCc1cc(C2Nc3ccccc3C(=O)N2c2ccc(F)cc2)ccc1OC. The summed E-state index contributed by atoms with van der Waals surface area (Å²) in [5.74, 6) is -0.0927. The smallest absolute Gasteiger partial charge is 0.341 e. The molecule has 0 saturated carbocycles. The summed E-state index contributed by atoms with van der Waals surface area (Å²) in [5, 5.41) is 3.45. The highest BCUT2D eigenvalue weighted by Gasteiger charge is 2.34. The Bertz CT molecular complexity index is 1510. The summed E-state index contributed by atoms with van der Waals surface area (Å²) in [6.07, 6.45) is -0.589. The van der Waals surface area contributed by atoms with Crippen molar-refractivity contribution in [1.29, 1.82) is 0 Å². The second-order valence-corrected chi connectivity index (χ2v) is 8.82. The van der Waals surface area contributed by atoms with Gasteiger partial charge < -0.3 is 19.5 Å². The Kier molecular flexibility index (Phi) is 7.45. The van der Waals surface area contributed by atoms with Crippen LogP contribution in [-0.2, 0) is 11.3 Å². The van der Waals surface area contributed by atoms with Crippen molar-refractivity contribution in [3.8, 4) is 11.5 Å². The van der Waals surface area contributed by atoms with Gasteiger partial charge in [-0.05, 0) is 73.2 Å². The van der Waals surface area contributed by atoms with E-state index in [1.54, 1.807) is 73.5 Å². The molecule has 4 aromatic carbocycles. The van der Waals surface area contributed by atoms with Crippen LogP contribution in [0.1, 0.15) is 44.9 Å². The molecule has 4 aromatic rings. The maximum atomic E-state index is 13.7. The van der Waals surface area contributed by atoms with Crippen molar-refractivity contribution in [1.82, 2.24) is 0 Å². The molecule has 0 fully saturated rings. The molecule has 0 radical (unpaired) electrons. The molecule has 0 aromatic heterocycles. The minimum Gasteiger partial charge on any atom is -0.496 e. The summed E-state index contributed by atoms with van der Waals surface area (Å²) in [7, 11) is 1.56. The number of methoxy groups -OCH3 is 1. The predicted molar refractivity (Wildman–Crippen MR) is 146 cm³/mol. The van der Waals surface area contributed by atoms with E-state index in [0.717, 1.165) is 5.56 Å². The third kappa shape index (κ3) is 5.27. The first-order chi connectivity index (χ1) is 19.0. The number of para-hydroxylation sites is 2. The van der Waals surface area contributed by atoms with Crippen LogP contribution in [0.3, 0.4) is 0 Å². The fraction of sp³-hybridized carbons (Fsp3) is 0.161. The summed E-state index contributed by atoms with van der Waals surface area (Å²) in [4.78, 5) is 27.6. The van der Waals surface area contributed by atoms with Crippen LogP contribution in [0.2, 0.25) is 0 Å². The molecule has 7 nitrogen and oxygen atoms in total. The number of rotatable bonds is 8. The van der Waals surface area contributed by atoms with E-state index in [9.17, 15) is 14.0 Å². The molecule has 1 unspecified atom stereocenters. The zero-order valence-electron chi connectivity index (χ0n) is 21.5. The topological polar surface area (TPSA) is 77.1 Å². The molecule has 0 aliphatic carbocycles. The van der Waals surface area contributed by atoms with Crippen molar-refractivity contribution in [3.05, 3.63) is 119 Å². The van der Waals surface area contributed by atoms with Crippen molar-refractivity contribution in [2.45, 2.75) is 19.7 Å². The molecule has 0 saturated heterocycles. The molecule has 8 heteroatoms. The van der Waals surface area contributed by atoms with Gasteiger partial charge in [0, 0.05) is 16.9 Å². The Hall–Kier alpha value is -4.85. The molecule has 5 rings (SSSR count). The second kappa shape index (κ2) is 11.3. The van der Waals surface area contributed by atoms with Crippen LogP contribution in [0, 0.1) is 5.82 Å². The van der Waals surface area contributed by atoms with Crippen LogP contribution < -0.4 is 19.7 Å². The average molecular weight is 527 g/mol. The van der Waals surface area contributed by atoms with Crippen LogP contribution in [0.4, 0.5) is 15.8 Å². The average Bonchev–Trinajstić information content (AvgIpc) is 2.97. The minimum atomic E-state index is -0.589. The Morgan fingerprint density at radius 3 is 2.46 bits per heavy atom. The number of carbonyl (C=O) groups is 2. The zero-order chi connectivity index (χ0) is 27.4. The number of nitrogens with zero attached hydrogens (tertiary/aromatic N) is 1. The van der Waals surface area contributed by atoms with Gasteiger partial charge >= 0.3 is 5.97 Å². The van der Waals surface area contributed by atoms with Gasteiger partial charge in [-0.2, -0.15) is 0 Å². The predicted octanol–water partition coefficient (Wildman–Crippen LogP) is 6.36. The number of nitrogens with one attached hydrogen (secondary N) is 1. The zero-order valence-corrected chi connectivity index (χ0v) is 21.5. The highest BCUT2D eigenvalue weighted by atomic mass is 19.1. The summed E-state index contributed by atoms with van der Waals surface area (Å²) in [6, 6.07) is 25.5. The summed E-state index contributed by atoms with van der Waals surface area (Å²) < 4.78 is 30.5. The maximum absolute atomic E-state index is 13.7. The van der Waals surface area contributed by atoms with E-state index in [1.165, 1.54) is 12.1 Å². The molecule has 1 atom stereocenters. The summed E-state index contributed by atoms with van der Waals surface area (Å²) >= 11 is 0. The van der Waals surface area contributed by atoms with E-state index in [1.807, 2.05) is 24.3 Å². The lowest BCUT2D eigenvalue weighted by Crippen LogP contribution is -2.43. The fourth-order valence-corrected chi connectivity index (χ4v) is 4.56. The normalized spacial score (nSPS) is 14.3. The van der Waals surface area contributed by atoms with Gasteiger partial charge in [0.05, 0.1) is 19.3 Å². The van der Waals surface area contributed by atoms with E-state index in [2.05, 4.69) is 5.32 Å². The van der Waals surface area contributed by atoms with Crippen molar-refractivity contribution >= 4 is 23.3 Å². The molecule has 1 heterocycles. The highest BCUT2D eigenvalue weighted by Crippen LogP contribution is 2.38. The largest absolute Gasteiger partial charge is 0.496 e. The van der Waals surface area contributed by atoms with Crippen LogP contribution in [0.25, 0.3) is 0 Å². The first-order valence-corrected chi connectivity index (χ1v) is 12.5. The van der Waals surface area contributed by atoms with Gasteiger partial charge in [0.2, 0.25) is 0 Å². The molecule has 39 heavy (non-hydrogen) atoms. The number of hydrogen-bond donors (Lipinski definition) is 1. The molecule has 1 aliphatic heterocycles. The van der Waals surface area contributed by atoms with Crippen LogP contribution >= 0.6 is 0 Å². The van der Waals surface area contributed by atoms with Gasteiger partial charge in [-0.3, -0.25) is 9.69 Å². The van der Waals surface area contributed by atoms with E-state index in [4.69, 9.17) is 14.2 Å². The highest BCUT2D eigenvalue weighted by molar-refractivity contribution is 6.12. The second-order valence-electron chi connectivity index (χ2n) is 8.82. The van der Waals surface area contributed by atoms with Crippen LogP contribution in [-0.4, -0.2) is 25.6 Å². The lowest BCUT2D eigenvalue weighted by molar-refractivity contribution is 0.0521. The first kappa shape index (κ1) is 25.8. The van der Waals surface area contributed by atoms with Gasteiger partial charge in [0.15, 0.2) is 0 Å². The van der Waals surface area contributed by atoms with Gasteiger partial charge in [0.25, 0.3) is 5.91 Å². The molecule has 1 N–H and O–H groups in total. The Morgan fingerprint density at radius 2 is 1.69 bits per heavy atom. The van der Waals surface area contributed by atoms with Crippen molar-refractivity contribution in [2.75, 3.05) is 23.9 Å². The number of carbonyl (C=O) groups excluding carboxylic acids is 2. The van der Waals surface area contributed by atoms with Crippen molar-refractivity contribution < 1.29 is 28.2 Å². The molecule has 1 aliphatic rings. The van der Waals surface area contributed by atoms with Crippen molar-refractivity contribution in [3.63, 3.8) is 0 Å². The van der Waals surface area contributed by atoms with Gasteiger partial charge in [-0.1, -0.05) is 30.3 Å². The van der Waals surface area contributed by atoms with Gasteiger partial charge in [0.1, 0.15) is 35.7 Å². The number of hydrogen-bond acceptors (Lipinski definition) is 6. The molecule has 198 valence electrons. The Labute approximate surface area is 225 Å². The van der Waals surface area contributed by atoms with Crippen LogP contribution in [0.15, 0.2) is 91.0 Å². The third-order valence-electron chi connectivity index (χ3n) is 6.42. The molecule has 1 amide bonds. The molecule has 0 spiro atoms. The number of ether oxygens (including phenoxy) is 3. The summed E-state index contributed by atoms with van der Waals surface area (Å²) in [6.45, 7) is 2.10. The van der Waals surface area contributed by atoms with Crippen LogP contribution in [0.5, 0.6) is 11.5 Å². The Balaban J connectivity index is 1.50. The summed E-state index contributed by atoms with van der Waals surface area (Å²) in [5.41, 5.74) is 3.56. The number of halogens is 1. The standard InChI is InChI=1S/C31H27FN2O5/c1-3-38-31(36)25-9-5-7-11-28(25)39-19-21-18-20(12-17-27(21)37-2)29-33-26-10-6-4-8-24(26)30(35)34(29)23-15-13-22(32)14-16-23/h4-18,29,33H,3,19H2,1-2H3. The fourth-order valence-electron chi connectivity index (χ4n) is 4.56. The van der Waals surface area contributed by atoms with Crippen molar-refractivity contribution in [2.24, 2.45) is 0 Å². The minimum absolute atomic E-state index is 0.0984. The van der Waals surface area contributed by atoms with Gasteiger partial charge in [-0.25, -0.2) is 9.18 Å². The first-order valence-electron chi connectivity index (χ1n) is 12.5. The number of amides is 1. The number of fused-ring (bicyclic) bond motifs is 1. The lowest BCUT2D eigenvalue weighted by atomic mass is 10.0. The van der Waals surface area contributed by atoms with E-state index < -0.39 is 12.1 Å². The quantitative estimate of drug-likeness (QED) is 0.269. The molecule has 0 bridgehead atoms. The third-order valence-corrected chi connectivity index (χ3v) is 6.42. The monoisotopic (exact) mass is 526 g/mol. The molecular weight excluding hydrogens is 499 g/mol. The number of esters is 1. The number of benzene rings is 4. The Morgan fingerprint density at radius 1 is 0.949 bits per heavy atom. The van der Waals surface area contributed by atoms with Gasteiger partial charge in [-0.15, -0.1) is 0 Å². The maximum Gasteiger partial charge on any atom is 0.341 e. The van der Waals surface area contributed by atoms with E-state index in [0.29, 0.717) is 39.6 Å². The molecular formula is C31H27FN2O5. The van der Waals surface area contributed by atoms with E-state index in [-0.39, 0.29) is 24.9 Å².